The zero-order chi connectivity index (χ0) is 12.2. The van der Waals surface area contributed by atoms with Crippen LogP contribution < -0.4 is 9.47 Å². The van der Waals surface area contributed by atoms with Crippen LogP contribution in [0.2, 0.25) is 0 Å². The topological polar surface area (TPSA) is 72.8 Å². The van der Waals surface area contributed by atoms with Crippen LogP contribution in [0.15, 0.2) is 23.6 Å². The van der Waals surface area contributed by atoms with Crippen LogP contribution in [0.25, 0.3) is 6.08 Å². The fraction of sp³-hybridized carbons (Fsp3) is 0.200. The highest BCUT2D eigenvalue weighted by molar-refractivity contribution is 7.88. The standard InChI is InChI=1S/C10H12O5S/c1-14-9-4-3-8(7-10(9)15-2)5-6-16(11,12)13/h3-7H,1-2H3,(H,11,12,13)/b6-5+. The molecule has 0 heterocycles. The highest BCUT2D eigenvalue weighted by Gasteiger charge is 2.03. The van der Waals surface area contributed by atoms with Crippen molar-refractivity contribution in [2.75, 3.05) is 14.2 Å². The number of ether oxygens (including phenoxy) is 2. The Morgan fingerprint density at radius 2 is 1.81 bits per heavy atom. The molecule has 0 radical (unpaired) electrons. The van der Waals surface area contributed by atoms with E-state index in [4.69, 9.17) is 14.0 Å². The Balaban J connectivity index is 3.05. The van der Waals surface area contributed by atoms with Crippen molar-refractivity contribution in [3.05, 3.63) is 29.2 Å². The summed E-state index contributed by atoms with van der Waals surface area (Å²) in [4.78, 5) is 0. The van der Waals surface area contributed by atoms with Gasteiger partial charge in [-0.2, -0.15) is 8.42 Å². The molecule has 0 saturated heterocycles. The first-order chi connectivity index (χ1) is 7.46. The van der Waals surface area contributed by atoms with Crippen LogP contribution in [0.5, 0.6) is 11.5 Å². The van der Waals surface area contributed by atoms with Crippen molar-refractivity contribution < 1.29 is 22.4 Å². The third kappa shape index (κ3) is 3.56. The average molecular weight is 244 g/mol. The molecule has 0 aromatic heterocycles. The van der Waals surface area contributed by atoms with Gasteiger partial charge in [-0.25, -0.2) is 0 Å². The fourth-order valence-corrected chi connectivity index (χ4v) is 1.45. The lowest BCUT2D eigenvalue weighted by molar-refractivity contribution is 0.355. The van der Waals surface area contributed by atoms with Gasteiger partial charge in [0.1, 0.15) is 0 Å². The molecule has 0 aliphatic carbocycles. The zero-order valence-corrected chi connectivity index (χ0v) is 9.69. The van der Waals surface area contributed by atoms with Crippen LogP contribution in [0.1, 0.15) is 5.56 Å². The van der Waals surface area contributed by atoms with Crippen LogP contribution >= 0.6 is 0 Å². The molecule has 0 atom stereocenters. The molecule has 0 aliphatic heterocycles. The Morgan fingerprint density at radius 1 is 1.19 bits per heavy atom. The van der Waals surface area contributed by atoms with Crippen LogP contribution in [0.4, 0.5) is 0 Å². The minimum Gasteiger partial charge on any atom is -0.493 e. The molecule has 1 aromatic rings. The second-order valence-electron chi connectivity index (χ2n) is 2.93. The molecule has 88 valence electrons. The van der Waals surface area contributed by atoms with Crippen molar-refractivity contribution in [2.45, 2.75) is 0 Å². The van der Waals surface area contributed by atoms with Gasteiger partial charge in [0.2, 0.25) is 0 Å². The summed E-state index contributed by atoms with van der Waals surface area (Å²) >= 11 is 0. The Morgan fingerprint density at radius 3 is 2.31 bits per heavy atom. The summed E-state index contributed by atoms with van der Waals surface area (Å²) in [6, 6.07) is 4.88. The van der Waals surface area contributed by atoms with E-state index in [1.807, 2.05) is 0 Å². The van der Waals surface area contributed by atoms with E-state index in [1.54, 1.807) is 18.2 Å². The summed E-state index contributed by atoms with van der Waals surface area (Å²) in [6.45, 7) is 0. The lowest BCUT2D eigenvalue weighted by atomic mass is 10.2. The van der Waals surface area contributed by atoms with Crippen molar-refractivity contribution >= 4 is 16.2 Å². The Bertz CT molecular complexity index is 490. The van der Waals surface area contributed by atoms with Crippen molar-refractivity contribution in [3.8, 4) is 11.5 Å². The molecule has 1 rings (SSSR count). The first-order valence-electron chi connectivity index (χ1n) is 4.34. The molecule has 0 spiro atoms. The molecule has 0 aliphatic rings. The van der Waals surface area contributed by atoms with Crippen molar-refractivity contribution in [3.63, 3.8) is 0 Å². The van der Waals surface area contributed by atoms with E-state index in [1.165, 1.54) is 20.3 Å². The normalized spacial score (nSPS) is 11.7. The number of hydrogen-bond donors (Lipinski definition) is 1. The zero-order valence-electron chi connectivity index (χ0n) is 8.88. The van der Waals surface area contributed by atoms with Gasteiger partial charge >= 0.3 is 0 Å². The molecule has 16 heavy (non-hydrogen) atoms. The van der Waals surface area contributed by atoms with Gasteiger partial charge in [-0.05, 0) is 23.8 Å². The van der Waals surface area contributed by atoms with Gasteiger partial charge < -0.3 is 9.47 Å². The second kappa shape index (κ2) is 5.00. The van der Waals surface area contributed by atoms with Crippen LogP contribution in [-0.4, -0.2) is 27.2 Å². The minimum atomic E-state index is -4.11. The summed E-state index contributed by atoms with van der Waals surface area (Å²) in [5.74, 6) is 1.03. The van der Waals surface area contributed by atoms with Crippen molar-refractivity contribution in [1.29, 1.82) is 0 Å². The fourth-order valence-electron chi connectivity index (χ4n) is 1.12. The van der Waals surface area contributed by atoms with Gasteiger partial charge in [-0.1, -0.05) is 6.07 Å². The molecular weight excluding hydrogens is 232 g/mol. The predicted molar refractivity (Wildman–Crippen MR) is 60.1 cm³/mol. The van der Waals surface area contributed by atoms with E-state index in [-0.39, 0.29) is 0 Å². The van der Waals surface area contributed by atoms with E-state index in [0.29, 0.717) is 22.5 Å². The summed E-state index contributed by atoms with van der Waals surface area (Å²) in [5.41, 5.74) is 0.579. The monoisotopic (exact) mass is 244 g/mol. The number of benzene rings is 1. The number of hydrogen-bond acceptors (Lipinski definition) is 4. The average Bonchev–Trinajstić information content (AvgIpc) is 2.25. The molecule has 6 heteroatoms. The highest BCUT2D eigenvalue weighted by Crippen LogP contribution is 2.27. The summed E-state index contributed by atoms with van der Waals surface area (Å²) in [7, 11) is -1.12. The van der Waals surface area contributed by atoms with Gasteiger partial charge in [0.25, 0.3) is 10.1 Å². The molecule has 5 nitrogen and oxygen atoms in total. The predicted octanol–water partition coefficient (Wildman–Crippen LogP) is 1.56. The van der Waals surface area contributed by atoms with Gasteiger partial charge in [0.05, 0.1) is 19.6 Å². The number of rotatable bonds is 4. The molecular formula is C10H12O5S. The Kier molecular flexibility index (Phi) is 3.92. The molecule has 0 amide bonds. The summed E-state index contributed by atoms with van der Waals surface area (Å²) in [5, 5.41) is 0.703. The highest BCUT2D eigenvalue weighted by atomic mass is 32.2. The van der Waals surface area contributed by atoms with E-state index < -0.39 is 10.1 Å². The SMILES string of the molecule is COc1ccc(/C=C/S(=O)(=O)O)cc1OC. The van der Waals surface area contributed by atoms with Gasteiger partial charge in [0, 0.05) is 0 Å². The third-order valence-corrected chi connectivity index (χ3v) is 2.32. The molecule has 0 bridgehead atoms. The summed E-state index contributed by atoms with van der Waals surface area (Å²) < 4.78 is 39.6. The molecule has 1 aromatic carbocycles. The largest absolute Gasteiger partial charge is 0.493 e. The Hall–Kier alpha value is -1.53. The second-order valence-corrected chi connectivity index (χ2v) is 4.23. The maximum absolute atomic E-state index is 10.5. The molecule has 0 fully saturated rings. The lowest BCUT2D eigenvalue weighted by Gasteiger charge is -2.07. The first-order valence-corrected chi connectivity index (χ1v) is 5.84. The molecule has 0 saturated carbocycles. The smallest absolute Gasteiger partial charge is 0.287 e. The first kappa shape index (κ1) is 12.5. The number of methoxy groups -OCH3 is 2. The lowest BCUT2D eigenvalue weighted by Crippen LogP contribution is -1.91. The van der Waals surface area contributed by atoms with E-state index in [0.717, 1.165) is 0 Å². The third-order valence-electron chi connectivity index (χ3n) is 1.84. The van der Waals surface area contributed by atoms with Gasteiger partial charge in [-0.15, -0.1) is 0 Å². The minimum absolute atomic E-state index is 0.486. The maximum atomic E-state index is 10.5. The Labute approximate surface area is 94.1 Å². The quantitative estimate of drug-likeness (QED) is 0.814. The molecule has 1 N–H and O–H groups in total. The van der Waals surface area contributed by atoms with Crippen LogP contribution in [0.3, 0.4) is 0 Å². The maximum Gasteiger partial charge on any atom is 0.287 e. The van der Waals surface area contributed by atoms with Gasteiger partial charge in [-0.3, -0.25) is 4.55 Å². The van der Waals surface area contributed by atoms with Gasteiger partial charge in [0.15, 0.2) is 11.5 Å². The van der Waals surface area contributed by atoms with E-state index >= 15 is 0 Å². The molecule has 0 unspecified atom stereocenters. The summed E-state index contributed by atoms with van der Waals surface area (Å²) in [6.07, 6.45) is 1.26. The van der Waals surface area contributed by atoms with Crippen LogP contribution in [0, 0.1) is 0 Å². The van der Waals surface area contributed by atoms with Crippen LogP contribution in [-0.2, 0) is 10.1 Å². The van der Waals surface area contributed by atoms with Crippen molar-refractivity contribution in [2.24, 2.45) is 0 Å². The van der Waals surface area contributed by atoms with Crippen molar-refractivity contribution in [1.82, 2.24) is 0 Å². The van der Waals surface area contributed by atoms with E-state index in [9.17, 15) is 8.42 Å². The van der Waals surface area contributed by atoms with E-state index in [2.05, 4.69) is 0 Å².